The lowest BCUT2D eigenvalue weighted by molar-refractivity contribution is -0.127. The van der Waals surface area contributed by atoms with Gasteiger partial charge in [0.25, 0.3) is 0 Å². The Kier molecular flexibility index (Phi) is 9.97. The molecule has 9 N–H and O–H groups in total. The summed E-state index contributed by atoms with van der Waals surface area (Å²) in [5, 5.41) is 14.6. The van der Waals surface area contributed by atoms with Gasteiger partial charge in [-0.25, -0.2) is 0 Å². The van der Waals surface area contributed by atoms with Crippen LogP contribution < -0.4 is 27.8 Å². The minimum atomic E-state index is -0.766. The van der Waals surface area contributed by atoms with Crippen LogP contribution in [0.1, 0.15) is 38.7 Å². The molecule has 0 saturated carbocycles. The second-order valence-corrected chi connectivity index (χ2v) is 7.09. The number of guanidine groups is 1. The number of carbonyl (C=O) groups excluding carboxylic acids is 2. The number of hydrogen-bond donors (Lipinski definition) is 6. The van der Waals surface area contributed by atoms with E-state index in [9.17, 15) is 9.59 Å². The molecule has 0 unspecified atom stereocenters. The van der Waals surface area contributed by atoms with Gasteiger partial charge in [-0.1, -0.05) is 26.0 Å². The van der Waals surface area contributed by atoms with Crippen molar-refractivity contribution in [3.8, 4) is 0 Å². The zero-order valence-electron chi connectivity index (χ0n) is 16.5. The summed E-state index contributed by atoms with van der Waals surface area (Å²) in [5.74, 6) is -0.481. The van der Waals surface area contributed by atoms with Gasteiger partial charge in [-0.05, 0) is 42.9 Å². The second-order valence-electron chi connectivity index (χ2n) is 7.09. The molecule has 9 nitrogen and oxygen atoms in total. The highest BCUT2D eigenvalue weighted by atomic mass is 16.3. The number of carbonyl (C=O) groups is 2. The summed E-state index contributed by atoms with van der Waals surface area (Å²) in [6.45, 7) is 4.22. The van der Waals surface area contributed by atoms with Crippen LogP contribution in [0, 0.1) is 5.92 Å². The Morgan fingerprint density at radius 2 is 1.79 bits per heavy atom. The standard InChI is InChI=1S/C19H32N6O3/c1-12(2)10-15(20)17(27)25-16(4-3-9-23-19(21)22)18(28)24-14-7-5-13(11-26)6-8-14/h5-8,12,15-16,26H,3-4,9-11,20H2,1-2H3,(H,24,28)(H,25,27)(H4,21,22,23)/t15-,16-/m0/s1. The number of nitrogens with one attached hydrogen (secondary N) is 2. The fourth-order valence-corrected chi connectivity index (χ4v) is 2.59. The summed E-state index contributed by atoms with van der Waals surface area (Å²) >= 11 is 0. The number of aliphatic hydroxyl groups excluding tert-OH is 1. The molecule has 1 aromatic rings. The van der Waals surface area contributed by atoms with Crippen LogP contribution in [0.15, 0.2) is 29.3 Å². The Morgan fingerprint density at radius 3 is 2.32 bits per heavy atom. The van der Waals surface area contributed by atoms with Crippen molar-refractivity contribution in [3.63, 3.8) is 0 Å². The van der Waals surface area contributed by atoms with Crippen molar-refractivity contribution in [1.29, 1.82) is 0 Å². The molecule has 0 heterocycles. The normalized spacial score (nSPS) is 12.9. The minimum Gasteiger partial charge on any atom is -0.392 e. The van der Waals surface area contributed by atoms with Crippen LogP contribution in [0.2, 0.25) is 0 Å². The SMILES string of the molecule is CC(C)C[C@H](N)C(=O)N[C@@H](CCCN=C(N)N)C(=O)Nc1ccc(CO)cc1. The summed E-state index contributed by atoms with van der Waals surface area (Å²) in [7, 11) is 0. The summed E-state index contributed by atoms with van der Waals surface area (Å²) in [5.41, 5.74) is 17.8. The molecular formula is C19H32N6O3. The number of anilines is 1. The van der Waals surface area contributed by atoms with Gasteiger partial charge < -0.3 is 32.9 Å². The summed E-state index contributed by atoms with van der Waals surface area (Å²) in [6, 6.07) is 5.34. The first kappa shape index (κ1) is 23.4. The largest absolute Gasteiger partial charge is 0.392 e. The van der Waals surface area contributed by atoms with Gasteiger partial charge in [-0.2, -0.15) is 0 Å². The molecule has 2 amide bonds. The fourth-order valence-electron chi connectivity index (χ4n) is 2.59. The first-order valence-corrected chi connectivity index (χ1v) is 9.35. The molecule has 9 heteroatoms. The van der Waals surface area contributed by atoms with Crippen LogP contribution in [0.3, 0.4) is 0 Å². The van der Waals surface area contributed by atoms with Crippen molar-refractivity contribution in [2.24, 2.45) is 28.1 Å². The first-order chi connectivity index (χ1) is 13.2. The molecule has 0 aliphatic rings. The van der Waals surface area contributed by atoms with Gasteiger partial charge in [-0.3, -0.25) is 14.6 Å². The quantitative estimate of drug-likeness (QED) is 0.176. The maximum absolute atomic E-state index is 12.7. The van der Waals surface area contributed by atoms with Crippen molar-refractivity contribution in [2.75, 3.05) is 11.9 Å². The van der Waals surface area contributed by atoms with E-state index >= 15 is 0 Å². The Morgan fingerprint density at radius 1 is 1.14 bits per heavy atom. The van der Waals surface area contributed by atoms with Gasteiger partial charge in [0.15, 0.2) is 5.96 Å². The lowest BCUT2D eigenvalue weighted by Crippen LogP contribution is -2.50. The fraction of sp³-hybridized carbons (Fsp3) is 0.526. The van der Waals surface area contributed by atoms with E-state index in [0.717, 1.165) is 5.56 Å². The zero-order valence-corrected chi connectivity index (χ0v) is 16.5. The molecule has 1 rings (SSSR count). The number of nitrogens with two attached hydrogens (primary N) is 3. The minimum absolute atomic E-state index is 0.0204. The molecule has 0 aliphatic carbocycles. The number of nitrogens with zero attached hydrogens (tertiary/aromatic N) is 1. The van der Waals surface area contributed by atoms with Crippen LogP contribution in [-0.4, -0.2) is 41.5 Å². The molecule has 156 valence electrons. The maximum atomic E-state index is 12.7. The van der Waals surface area contributed by atoms with Crippen LogP contribution in [0.4, 0.5) is 5.69 Å². The van der Waals surface area contributed by atoms with Gasteiger partial charge in [0, 0.05) is 12.2 Å². The van der Waals surface area contributed by atoms with Crippen molar-refractivity contribution < 1.29 is 14.7 Å². The summed E-state index contributed by atoms with van der Waals surface area (Å²) in [4.78, 5) is 28.9. The highest BCUT2D eigenvalue weighted by molar-refractivity contribution is 5.97. The molecule has 0 spiro atoms. The van der Waals surface area contributed by atoms with Gasteiger partial charge in [0.1, 0.15) is 6.04 Å². The van der Waals surface area contributed by atoms with Crippen LogP contribution in [0.5, 0.6) is 0 Å². The Balaban J connectivity index is 2.77. The van der Waals surface area contributed by atoms with Crippen LogP contribution in [0.25, 0.3) is 0 Å². The third-order valence-electron chi connectivity index (χ3n) is 4.04. The molecule has 0 radical (unpaired) electrons. The number of aliphatic imine (C=N–C) groups is 1. The van der Waals surface area contributed by atoms with E-state index < -0.39 is 12.1 Å². The van der Waals surface area contributed by atoms with E-state index in [1.54, 1.807) is 24.3 Å². The van der Waals surface area contributed by atoms with Crippen LogP contribution in [-0.2, 0) is 16.2 Å². The van der Waals surface area contributed by atoms with Crippen molar-refractivity contribution >= 4 is 23.5 Å². The number of aliphatic hydroxyl groups is 1. The van der Waals surface area contributed by atoms with Gasteiger partial charge in [0.05, 0.1) is 12.6 Å². The average molecular weight is 393 g/mol. The predicted molar refractivity (Wildman–Crippen MR) is 110 cm³/mol. The highest BCUT2D eigenvalue weighted by Crippen LogP contribution is 2.11. The topological polar surface area (TPSA) is 169 Å². The Bertz CT molecular complexity index is 656. The lowest BCUT2D eigenvalue weighted by atomic mass is 10.0. The molecule has 0 aromatic heterocycles. The predicted octanol–water partition coefficient (Wildman–Crippen LogP) is 0.0292. The maximum Gasteiger partial charge on any atom is 0.246 e. The van der Waals surface area contributed by atoms with Gasteiger partial charge >= 0.3 is 0 Å². The molecule has 0 aliphatic heterocycles. The number of amides is 2. The molecule has 0 saturated heterocycles. The monoisotopic (exact) mass is 392 g/mol. The third kappa shape index (κ3) is 8.83. The van der Waals surface area contributed by atoms with E-state index in [-0.39, 0.29) is 30.3 Å². The number of benzene rings is 1. The summed E-state index contributed by atoms with van der Waals surface area (Å²) < 4.78 is 0. The molecule has 1 aromatic carbocycles. The van der Waals surface area contributed by atoms with Crippen molar-refractivity contribution in [1.82, 2.24) is 5.32 Å². The van der Waals surface area contributed by atoms with Gasteiger partial charge in [0.2, 0.25) is 11.8 Å². The molecular weight excluding hydrogens is 360 g/mol. The molecule has 0 fully saturated rings. The number of hydrogen-bond acceptors (Lipinski definition) is 5. The lowest BCUT2D eigenvalue weighted by Gasteiger charge is -2.21. The molecule has 2 atom stereocenters. The van der Waals surface area contributed by atoms with E-state index in [2.05, 4.69) is 15.6 Å². The smallest absolute Gasteiger partial charge is 0.246 e. The van der Waals surface area contributed by atoms with E-state index in [0.29, 0.717) is 31.5 Å². The Hall–Kier alpha value is -2.65. The first-order valence-electron chi connectivity index (χ1n) is 9.35. The Labute approximate surface area is 165 Å². The van der Waals surface area contributed by atoms with Crippen molar-refractivity contribution in [3.05, 3.63) is 29.8 Å². The highest BCUT2D eigenvalue weighted by Gasteiger charge is 2.24. The molecule has 28 heavy (non-hydrogen) atoms. The van der Waals surface area contributed by atoms with E-state index in [4.69, 9.17) is 22.3 Å². The van der Waals surface area contributed by atoms with Crippen molar-refractivity contribution in [2.45, 2.75) is 51.8 Å². The van der Waals surface area contributed by atoms with E-state index in [1.165, 1.54) is 0 Å². The third-order valence-corrected chi connectivity index (χ3v) is 4.04. The summed E-state index contributed by atoms with van der Waals surface area (Å²) in [6.07, 6.45) is 1.40. The van der Waals surface area contributed by atoms with E-state index in [1.807, 2.05) is 13.8 Å². The van der Waals surface area contributed by atoms with Gasteiger partial charge in [-0.15, -0.1) is 0 Å². The average Bonchev–Trinajstić information content (AvgIpc) is 2.63. The van der Waals surface area contributed by atoms with Crippen LogP contribution >= 0.6 is 0 Å². The molecule has 0 bridgehead atoms. The second kappa shape index (κ2) is 11.9. The zero-order chi connectivity index (χ0) is 21.1. The number of rotatable bonds is 11.